The van der Waals surface area contributed by atoms with E-state index in [1.54, 1.807) is 13.1 Å². The summed E-state index contributed by atoms with van der Waals surface area (Å²) in [6, 6.07) is 2.04. The molecular formula is C21H26N6O. The van der Waals surface area contributed by atoms with Gasteiger partial charge in [-0.25, -0.2) is 9.67 Å². The molecule has 0 radical (unpaired) electrons. The number of aryl methyl sites for hydroxylation is 2. The third-order valence-corrected chi connectivity index (χ3v) is 5.42. The van der Waals surface area contributed by atoms with Crippen molar-refractivity contribution in [2.75, 3.05) is 0 Å². The summed E-state index contributed by atoms with van der Waals surface area (Å²) in [5.74, 6) is 2.38. The van der Waals surface area contributed by atoms with Gasteiger partial charge in [-0.15, -0.1) is 0 Å². The number of pyridine rings is 1. The van der Waals surface area contributed by atoms with E-state index in [4.69, 9.17) is 10.1 Å². The molecule has 1 saturated carbocycles. The van der Waals surface area contributed by atoms with Crippen molar-refractivity contribution in [3.63, 3.8) is 0 Å². The lowest BCUT2D eigenvalue weighted by molar-refractivity contribution is 0.101. The topological polar surface area (TPSA) is 78.5 Å². The van der Waals surface area contributed by atoms with Crippen LogP contribution in [0.15, 0.2) is 18.5 Å². The van der Waals surface area contributed by atoms with Crippen LogP contribution in [0.4, 0.5) is 0 Å². The number of carbonyl (C=O) groups excluding carboxylic acids is 1. The average Bonchev–Trinajstić information content (AvgIpc) is 3.34. The van der Waals surface area contributed by atoms with Gasteiger partial charge in [0.2, 0.25) is 0 Å². The highest BCUT2D eigenvalue weighted by molar-refractivity contribution is 5.96. The zero-order chi connectivity index (χ0) is 20.0. The molecule has 28 heavy (non-hydrogen) atoms. The van der Waals surface area contributed by atoms with Crippen molar-refractivity contribution in [2.24, 2.45) is 0 Å². The number of aromatic nitrogens is 6. The van der Waals surface area contributed by atoms with E-state index in [0.717, 1.165) is 52.7 Å². The first-order valence-corrected chi connectivity index (χ1v) is 9.80. The van der Waals surface area contributed by atoms with Gasteiger partial charge in [0.25, 0.3) is 0 Å². The van der Waals surface area contributed by atoms with Crippen LogP contribution >= 0.6 is 0 Å². The highest BCUT2D eigenvalue weighted by atomic mass is 16.1. The van der Waals surface area contributed by atoms with Gasteiger partial charge in [-0.05, 0) is 59.1 Å². The Balaban J connectivity index is 1.71. The van der Waals surface area contributed by atoms with Gasteiger partial charge in [-0.1, -0.05) is 0 Å². The molecule has 1 aliphatic carbocycles. The minimum absolute atomic E-state index is 0.0556. The molecular weight excluding hydrogens is 352 g/mol. The average molecular weight is 378 g/mol. The van der Waals surface area contributed by atoms with Crippen molar-refractivity contribution in [3.8, 4) is 5.69 Å². The normalized spacial score (nSPS) is 15.0. The zero-order valence-electron chi connectivity index (χ0n) is 17.1. The molecule has 146 valence electrons. The summed E-state index contributed by atoms with van der Waals surface area (Å²) in [7, 11) is 0. The van der Waals surface area contributed by atoms with Crippen LogP contribution in [0.2, 0.25) is 0 Å². The van der Waals surface area contributed by atoms with Gasteiger partial charge in [0, 0.05) is 30.4 Å². The van der Waals surface area contributed by atoms with Gasteiger partial charge >= 0.3 is 0 Å². The minimum atomic E-state index is 0.0556. The Hall–Kier alpha value is -2.83. The van der Waals surface area contributed by atoms with Gasteiger partial charge in [0.15, 0.2) is 11.6 Å². The number of Topliss-reactive ketones (excluding diaryl/α,β-unsaturated/α-hetero) is 1. The van der Waals surface area contributed by atoms with E-state index in [1.165, 1.54) is 0 Å². The van der Waals surface area contributed by atoms with E-state index in [1.807, 2.05) is 42.4 Å². The first kappa shape index (κ1) is 18.5. The van der Waals surface area contributed by atoms with Crippen molar-refractivity contribution in [3.05, 3.63) is 52.6 Å². The lowest BCUT2D eigenvalue weighted by Crippen LogP contribution is -2.15. The molecule has 1 atom stereocenters. The Morgan fingerprint density at radius 2 is 2.00 bits per heavy atom. The SMILES string of the molecule is CC(=O)c1c(C)nn([C@@H](C)Cc2nc(C3CC3)nn2-c2ccncc2C)c1C. The zero-order valence-corrected chi connectivity index (χ0v) is 17.1. The van der Waals surface area contributed by atoms with Crippen molar-refractivity contribution in [1.82, 2.24) is 29.5 Å². The minimum Gasteiger partial charge on any atom is -0.294 e. The highest BCUT2D eigenvalue weighted by Gasteiger charge is 2.30. The number of rotatable bonds is 6. The Morgan fingerprint density at radius 1 is 1.25 bits per heavy atom. The Morgan fingerprint density at radius 3 is 2.61 bits per heavy atom. The molecule has 0 unspecified atom stereocenters. The molecule has 4 rings (SSSR count). The molecule has 0 spiro atoms. The fraction of sp³-hybridized carbons (Fsp3) is 0.476. The number of hydrogen-bond acceptors (Lipinski definition) is 5. The predicted octanol–water partition coefficient (Wildman–Crippen LogP) is 3.67. The summed E-state index contributed by atoms with van der Waals surface area (Å²) >= 11 is 0. The summed E-state index contributed by atoms with van der Waals surface area (Å²) in [4.78, 5) is 21.0. The predicted molar refractivity (Wildman–Crippen MR) is 106 cm³/mol. The van der Waals surface area contributed by atoms with Crippen LogP contribution in [0.5, 0.6) is 0 Å². The molecule has 0 aliphatic heterocycles. The molecule has 3 aromatic rings. The lowest BCUT2D eigenvalue weighted by atomic mass is 10.1. The molecule has 1 aliphatic rings. The second kappa shape index (κ2) is 6.96. The summed E-state index contributed by atoms with van der Waals surface area (Å²) in [5.41, 5.74) is 4.48. The number of ketones is 1. The van der Waals surface area contributed by atoms with Gasteiger partial charge in [0.05, 0.1) is 23.0 Å². The maximum absolute atomic E-state index is 12.0. The van der Waals surface area contributed by atoms with Crippen LogP contribution in [0.1, 0.15) is 77.6 Å². The first-order chi connectivity index (χ1) is 13.4. The maximum Gasteiger partial charge on any atom is 0.163 e. The van der Waals surface area contributed by atoms with Crippen LogP contribution in [-0.2, 0) is 6.42 Å². The third kappa shape index (κ3) is 3.25. The van der Waals surface area contributed by atoms with E-state index in [0.29, 0.717) is 12.3 Å². The van der Waals surface area contributed by atoms with Gasteiger partial charge in [0.1, 0.15) is 5.82 Å². The smallest absolute Gasteiger partial charge is 0.163 e. The van der Waals surface area contributed by atoms with E-state index in [9.17, 15) is 4.79 Å². The largest absolute Gasteiger partial charge is 0.294 e. The molecule has 0 bridgehead atoms. The fourth-order valence-electron chi connectivity index (χ4n) is 3.86. The second-order valence-electron chi connectivity index (χ2n) is 7.83. The van der Waals surface area contributed by atoms with E-state index < -0.39 is 0 Å². The summed E-state index contributed by atoms with van der Waals surface area (Å²) in [6.45, 7) is 9.59. The van der Waals surface area contributed by atoms with Crippen LogP contribution in [-0.4, -0.2) is 35.3 Å². The lowest BCUT2D eigenvalue weighted by Gasteiger charge is -2.15. The molecule has 1 fully saturated rings. The summed E-state index contributed by atoms with van der Waals surface area (Å²) in [5, 5.41) is 9.45. The quantitative estimate of drug-likeness (QED) is 0.612. The molecule has 7 heteroatoms. The third-order valence-electron chi connectivity index (χ3n) is 5.42. The molecule has 3 heterocycles. The Kier molecular flexibility index (Phi) is 4.61. The molecule has 0 aromatic carbocycles. The van der Waals surface area contributed by atoms with E-state index >= 15 is 0 Å². The van der Waals surface area contributed by atoms with Crippen LogP contribution in [0, 0.1) is 20.8 Å². The van der Waals surface area contributed by atoms with Crippen LogP contribution < -0.4 is 0 Å². The molecule has 0 saturated heterocycles. The number of nitrogens with zero attached hydrogens (tertiary/aromatic N) is 6. The maximum atomic E-state index is 12.0. The van der Waals surface area contributed by atoms with E-state index in [2.05, 4.69) is 17.0 Å². The van der Waals surface area contributed by atoms with E-state index in [-0.39, 0.29) is 11.8 Å². The van der Waals surface area contributed by atoms with Gasteiger partial charge in [-0.3, -0.25) is 14.5 Å². The Labute approximate surface area is 164 Å². The highest BCUT2D eigenvalue weighted by Crippen LogP contribution is 2.38. The number of hydrogen-bond donors (Lipinski definition) is 0. The standard InChI is InChI=1S/C21H26N6O/c1-12-11-22-9-8-18(12)27-19(23-21(25-27)17-6-7-17)10-13(2)26-15(4)20(16(5)28)14(3)24-26/h8-9,11,13,17H,6-7,10H2,1-5H3/t13-/m0/s1. The van der Waals surface area contributed by atoms with Crippen molar-refractivity contribution < 1.29 is 4.79 Å². The number of carbonyl (C=O) groups is 1. The molecule has 0 amide bonds. The van der Waals surface area contributed by atoms with Crippen LogP contribution in [0.25, 0.3) is 5.69 Å². The van der Waals surface area contributed by atoms with Gasteiger partial charge < -0.3 is 0 Å². The fourth-order valence-corrected chi connectivity index (χ4v) is 3.86. The summed E-state index contributed by atoms with van der Waals surface area (Å²) in [6.07, 6.45) is 6.64. The molecule has 7 nitrogen and oxygen atoms in total. The second-order valence-corrected chi connectivity index (χ2v) is 7.83. The monoisotopic (exact) mass is 378 g/mol. The first-order valence-electron chi connectivity index (χ1n) is 9.80. The van der Waals surface area contributed by atoms with Crippen molar-refractivity contribution >= 4 is 5.78 Å². The van der Waals surface area contributed by atoms with Crippen molar-refractivity contribution in [1.29, 1.82) is 0 Å². The van der Waals surface area contributed by atoms with Crippen LogP contribution in [0.3, 0.4) is 0 Å². The van der Waals surface area contributed by atoms with Gasteiger partial charge in [-0.2, -0.15) is 10.2 Å². The molecule has 0 N–H and O–H groups in total. The summed E-state index contributed by atoms with van der Waals surface area (Å²) < 4.78 is 3.90. The van der Waals surface area contributed by atoms with Crippen molar-refractivity contribution in [2.45, 2.75) is 65.8 Å². The molecule has 3 aromatic heterocycles. The Bertz CT molecular complexity index is 1040.